The van der Waals surface area contributed by atoms with Crippen molar-refractivity contribution in [3.8, 4) is 0 Å². The molecule has 0 unspecified atom stereocenters. The average molecular weight is 334 g/mol. The van der Waals surface area contributed by atoms with Crippen LogP contribution in [0.4, 0.5) is 0 Å². The first-order chi connectivity index (χ1) is 12.1. The minimum atomic E-state index is 0.387. The molecule has 0 N–H and O–H groups in total. The Morgan fingerprint density at radius 3 is 2.40 bits per heavy atom. The van der Waals surface area contributed by atoms with E-state index in [0.29, 0.717) is 5.92 Å². The van der Waals surface area contributed by atoms with E-state index in [0.717, 1.165) is 11.5 Å². The first-order valence-corrected chi connectivity index (χ1v) is 9.58. The van der Waals surface area contributed by atoms with Crippen LogP contribution in [0.2, 0.25) is 0 Å². The number of allylic oxidation sites excluding steroid dienone is 9. The van der Waals surface area contributed by atoms with E-state index in [1.165, 1.54) is 49.9 Å². The van der Waals surface area contributed by atoms with Gasteiger partial charge in [-0.2, -0.15) is 0 Å². The summed E-state index contributed by atoms with van der Waals surface area (Å²) in [5.41, 5.74) is 5.71. The molecule has 0 spiro atoms. The molecule has 1 aliphatic carbocycles. The summed E-state index contributed by atoms with van der Waals surface area (Å²) >= 11 is 0. The summed E-state index contributed by atoms with van der Waals surface area (Å²) in [4.78, 5) is 2.60. The highest BCUT2D eigenvalue weighted by Gasteiger charge is 2.35. The molecule has 4 rings (SSSR count). The van der Waals surface area contributed by atoms with Gasteiger partial charge in [-0.15, -0.1) is 0 Å². The Hall–Kier alpha value is -1.80. The maximum Gasteiger partial charge on any atom is 0.127 e. The topological polar surface area (TPSA) is 12.5 Å². The summed E-state index contributed by atoms with van der Waals surface area (Å²) in [6.45, 7) is 8.79. The van der Waals surface area contributed by atoms with Crippen LogP contribution in [-0.4, -0.2) is 18.0 Å². The molecule has 1 radical (unpaired) electrons. The second-order valence-electron chi connectivity index (χ2n) is 7.72. The van der Waals surface area contributed by atoms with Crippen LogP contribution in [0, 0.1) is 12.0 Å². The van der Waals surface area contributed by atoms with Crippen LogP contribution >= 0.6 is 0 Å². The van der Waals surface area contributed by atoms with Gasteiger partial charge in [-0.1, -0.05) is 23.8 Å². The lowest BCUT2D eigenvalue weighted by atomic mass is 9.78. The van der Waals surface area contributed by atoms with E-state index in [1.54, 1.807) is 17.2 Å². The molecule has 0 amide bonds. The van der Waals surface area contributed by atoms with Crippen LogP contribution in [0.15, 0.2) is 70.3 Å². The van der Waals surface area contributed by atoms with Gasteiger partial charge in [-0.3, -0.25) is 4.90 Å². The fourth-order valence-electron chi connectivity index (χ4n) is 4.29. The van der Waals surface area contributed by atoms with Crippen LogP contribution in [0.25, 0.3) is 0 Å². The van der Waals surface area contributed by atoms with Gasteiger partial charge in [0.1, 0.15) is 11.5 Å². The van der Waals surface area contributed by atoms with Crippen molar-refractivity contribution in [3.05, 3.63) is 76.3 Å². The van der Waals surface area contributed by atoms with Gasteiger partial charge in [-0.05, 0) is 94.5 Å². The van der Waals surface area contributed by atoms with Gasteiger partial charge >= 0.3 is 0 Å². The first kappa shape index (κ1) is 16.7. The zero-order valence-electron chi connectivity index (χ0n) is 15.6. The second-order valence-corrected chi connectivity index (χ2v) is 7.72. The van der Waals surface area contributed by atoms with Crippen LogP contribution in [0.1, 0.15) is 46.5 Å². The highest BCUT2D eigenvalue weighted by atomic mass is 16.5. The minimum absolute atomic E-state index is 0.387. The molecular weight excluding hydrogens is 306 g/mol. The third-order valence-corrected chi connectivity index (χ3v) is 5.46. The predicted octanol–water partition coefficient (Wildman–Crippen LogP) is 5.60. The van der Waals surface area contributed by atoms with E-state index in [2.05, 4.69) is 55.2 Å². The maximum absolute atomic E-state index is 5.89. The molecule has 0 bridgehead atoms. The summed E-state index contributed by atoms with van der Waals surface area (Å²) in [6.07, 6.45) is 18.7. The molecular formula is C23H28NO. The van der Waals surface area contributed by atoms with Gasteiger partial charge in [0.05, 0.1) is 6.04 Å². The van der Waals surface area contributed by atoms with Gasteiger partial charge in [0, 0.05) is 5.92 Å². The third kappa shape index (κ3) is 3.46. The lowest BCUT2D eigenvalue weighted by Gasteiger charge is -2.44. The van der Waals surface area contributed by atoms with Crippen LogP contribution in [0.5, 0.6) is 0 Å². The maximum atomic E-state index is 5.89. The van der Waals surface area contributed by atoms with Crippen molar-refractivity contribution in [2.45, 2.75) is 46.5 Å². The Bertz CT molecular complexity index is 712. The molecule has 3 heterocycles. The number of hydrogen-bond acceptors (Lipinski definition) is 2. The molecule has 2 saturated heterocycles. The molecule has 2 fully saturated rings. The molecule has 4 aliphatic rings. The number of nitrogens with zero attached hydrogens (tertiary/aromatic N) is 1. The van der Waals surface area contributed by atoms with Gasteiger partial charge < -0.3 is 4.74 Å². The Balaban J connectivity index is 1.55. The Morgan fingerprint density at radius 2 is 1.76 bits per heavy atom. The summed E-state index contributed by atoms with van der Waals surface area (Å²) in [6, 6.07) is 1.56. The number of hydrogen-bond donors (Lipinski definition) is 0. The molecule has 0 aromatic heterocycles. The number of ether oxygens (including phenoxy) is 1. The third-order valence-electron chi connectivity index (χ3n) is 5.46. The highest BCUT2D eigenvalue weighted by Crippen LogP contribution is 2.43. The monoisotopic (exact) mass is 334 g/mol. The summed E-state index contributed by atoms with van der Waals surface area (Å²) in [5.74, 6) is 2.29. The smallest absolute Gasteiger partial charge is 0.127 e. The van der Waals surface area contributed by atoms with Crippen molar-refractivity contribution in [2.75, 3.05) is 13.1 Å². The molecule has 0 aromatic carbocycles. The quantitative estimate of drug-likeness (QED) is 0.651. The van der Waals surface area contributed by atoms with Gasteiger partial charge in [-0.25, -0.2) is 0 Å². The lowest BCUT2D eigenvalue weighted by Crippen LogP contribution is -2.41. The average Bonchev–Trinajstić information content (AvgIpc) is 2.60. The van der Waals surface area contributed by atoms with E-state index >= 15 is 0 Å². The number of rotatable bonds is 2. The Morgan fingerprint density at radius 1 is 1.08 bits per heavy atom. The fourth-order valence-corrected chi connectivity index (χ4v) is 4.29. The Kier molecular flexibility index (Phi) is 4.56. The molecule has 2 nitrogen and oxygen atoms in total. The van der Waals surface area contributed by atoms with Crippen LogP contribution < -0.4 is 0 Å². The number of piperidine rings is 2. The molecule has 0 aromatic rings. The van der Waals surface area contributed by atoms with E-state index in [-0.39, 0.29) is 0 Å². The van der Waals surface area contributed by atoms with E-state index in [9.17, 15) is 0 Å². The molecule has 3 aliphatic heterocycles. The summed E-state index contributed by atoms with van der Waals surface area (Å²) in [7, 11) is 0. The van der Waals surface area contributed by atoms with Crippen LogP contribution in [0.3, 0.4) is 0 Å². The van der Waals surface area contributed by atoms with E-state index < -0.39 is 0 Å². The molecule has 25 heavy (non-hydrogen) atoms. The largest absolute Gasteiger partial charge is 0.462 e. The lowest BCUT2D eigenvalue weighted by molar-refractivity contribution is 0.248. The standard InChI is InChI=1S/C23H28NO/c1-16(2)21-12-17(3)25-22(15-21)9-8-18-13-19-6-4-10-24-11-5-7-20(14-18)23(19)24/h8-9,12-15,18H,4-7,10-11H2,1-3H3/b9-8+. The zero-order chi connectivity index (χ0) is 17.4. The fraction of sp³-hybridized carbons (Fsp3) is 0.435. The molecule has 0 atom stereocenters. The normalized spacial score (nSPS) is 25.0. The zero-order valence-corrected chi connectivity index (χ0v) is 15.6. The van der Waals surface area contributed by atoms with Gasteiger partial charge in [0.2, 0.25) is 0 Å². The molecule has 131 valence electrons. The minimum Gasteiger partial charge on any atom is -0.462 e. The van der Waals surface area contributed by atoms with Gasteiger partial charge in [0.25, 0.3) is 0 Å². The van der Waals surface area contributed by atoms with Crippen molar-refractivity contribution < 1.29 is 4.74 Å². The van der Waals surface area contributed by atoms with Crippen molar-refractivity contribution in [3.63, 3.8) is 0 Å². The van der Waals surface area contributed by atoms with Gasteiger partial charge in [0.15, 0.2) is 0 Å². The van der Waals surface area contributed by atoms with E-state index in [4.69, 9.17) is 4.74 Å². The second kappa shape index (κ2) is 6.84. The van der Waals surface area contributed by atoms with Crippen molar-refractivity contribution in [1.29, 1.82) is 0 Å². The predicted molar refractivity (Wildman–Crippen MR) is 103 cm³/mol. The highest BCUT2D eigenvalue weighted by molar-refractivity contribution is 5.48. The summed E-state index contributed by atoms with van der Waals surface area (Å²) in [5, 5.41) is 0. The molecule has 0 saturated carbocycles. The Labute approximate surface area is 151 Å². The van der Waals surface area contributed by atoms with Crippen molar-refractivity contribution in [1.82, 2.24) is 4.90 Å². The summed E-state index contributed by atoms with van der Waals surface area (Å²) < 4.78 is 5.89. The SMILES string of the molecule is CC1=CC(=C(C)C)C=C(/C=C/C2C=C3CCCN4CCCC(=C2)[C]34)O1. The molecule has 2 heteroatoms. The first-order valence-electron chi connectivity index (χ1n) is 9.58. The van der Waals surface area contributed by atoms with E-state index in [1.807, 2.05) is 6.92 Å². The van der Waals surface area contributed by atoms with Crippen LogP contribution in [-0.2, 0) is 4.74 Å². The van der Waals surface area contributed by atoms with Crippen molar-refractivity contribution >= 4 is 0 Å². The van der Waals surface area contributed by atoms with Crippen molar-refractivity contribution in [2.24, 2.45) is 5.92 Å².